The molecule has 0 amide bonds. The first kappa shape index (κ1) is 12.1. The summed E-state index contributed by atoms with van der Waals surface area (Å²) in [6, 6.07) is 7.07. The maximum absolute atomic E-state index is 11.2. The highest BCUT2D eigenvalue weighted by atomic mass is 16.7. The summed E-state index contributed by atoms with van der Waals surface area (Å²) in [6.45, 7) is 1.09. The molecule has 0 N–H and O–H groups in total. The molecule has 0 radical (unpaired) electrons. The smallest absolute Gasteiger partial charge is 0.320 e. The summed E-state index contributed by atoms with van der Waals surface area (Å²) in [6.07, 6.45) is -1.75. The van der Waals surface area contributed by atoms with Gasteiger partial charge in [-0.25, -0.2) is 0 Å². The molecule has 2 saturated heterocycles. The van der Waals surface area contributed by atoms with E-state index in [9.17, 15) is 9.59 Å². The summed E-state index contributed by atoms with van der Waals surface area (Å²) < 4.78 is 20.8. The molecule has 0 spiro atoms. The van der Waals surface area contributed by atoms with Crippen LogP contribution in [-0.4, -0.2) is 25.2 Å². The first-order valence-electron chi connectivity index (χ1n) is 5.94. The lowest BCUT2D eigenvalue weighted by Crippen LogP contribution is -2.26. The van der Waals surface area contributed by atoms with Gasteiger partial charge >= 0.3 is 11.9 Å². The van der Waals surface area contributed by atoms with E-state index in [0.717, 1.165) is 5.56 Å². The summed E-state index contributed by atoms with van der Waals surface area (Å²) in [5.74, 6) is -1.17. The molecule has 2 aliphatic rings. The minimum Gasteiger partial charge on any atom is -0.420 e. The van der Waals surface area contributed by atoms with E-state index in [1.54, 1.807) is 18.2 Å². The van der Waals surface area contributed by atoms with E-state index >= 15 is 0 Å². The number of esters is 2. The topological polar surface area (TPSA) is 71.1 Å². The van der Waals surface area contributed by atoms with Crippen LogP contribution in [0.15, 0.2) is 24.3 Å². The molecule has 2 aliphatic heterocycles. The van der Waals surface area contributed by atoms with Gasteiger partial charge in [-0.3, -0.25) is 9.59 Å². The van der Waals surface area contributed by atoms with E-state index in [1.807, 2.05) is 6.07 Å². The summed E-state index contributed by atoms with van der Waals surface area (Å²) in [5, 5.41) is 0. The van der Waals surface area contributed by atoms with Gasteiger partial charge in [0.15, 0.2) is 6.29 Å². The molecule has 1 aromatic carbocycles. The number of hydrogen-bond acceptors (Lipinski definition) is 6. The van der Waals surface area contributed by atoms with Crippen molar-refractivity contribution in [1.29, 1.82) is 0 Å². The number of ether oxygens (including phenoxy) is 4. The van der Waals surface area contributed by atoms with Gasteiger partial charge in [0.05, 0.1) is 13.2 Å². The minimum absolute atomic E-state index is 0.342. The Labute approximate surface area is 109 Å². The van der Waals surface area contributed by atoms with Crippen LogP contribution in [0.3, 0.4) is 0 Å². The van der Waals surface area contributed by atoms with Crippen LogP contribution in [0.1, 0.15) is 30.1 Å². The van der Waals surface area contributed by atoms with E-state index in [4.69, 9.17) is 18.9 Å². The second-order valence-corrected chi connectivity index (χ2v) is 4.23. The molecule has 1 aromatic rings. The van der Waals surface area contributed by atoms with Gasteiger partial charge in [0.1, 0.15) is 6.42 Å². The zero-order valence-electron chi connectivity index (χ0n) is 10.0. The quantitative estimate of drug-likeness (QED) is 0.591. The second-order valence-electron chi connectivity index (χ2n) is 4.23. The molecule has 0 aromatic heterocycles. The highest BCUT2D eigenvalue weighted by Gasteiger charge is 2.30. The molecule has 0 atom stereocenters. The van der Waals surface area contributed by atoms with Crippen molar-refractivity contribution in [3.05, 3.63) is 35.4 Å². The monoisotopic (exact) mass is 264 g/mol. The molecule has 0 unspecified atom stereocenters. The largest absolute Gasteiger partial charge is 0.420 e. The van der Waals surface area contributed by atoms with E-state index in [-0.39, 0.29) is 6.42 Å². The van der Waals surface area contributed by atoms with Gasteiger partial charge in [-0.1, -0.05) is 18.2 Å². The van der Waals surface area contributed by atoms with Crippen LogP contribution in [0.4, 0.5) is 0 Å². The molecule has 2 fully saturated rings. The van der Waals surface area contributed by atoms with Gasteiger partial charge in [0, 0.05) is 11.1 Å². The van der Waals surface area contributed by atoms with E-state index in [2.05, 4.69) is 0 Å². The van der Waals surface area contributed by atoms with Crippen molar-refractivity contribution in [3.8, 4) is 0 Å². The Morgan fingerprint density at radius 3 is 2.11 bits per heavy atom. The highest BCUT2D eigenvalue weighted by Crippen LogP contribution is 2.29. The van der Waals surface area contributed by atoms with Crippen molar-refractivity contribution < 1.29 is 28.5 Å². The third-order valence-corrected chi connectivity index (χ3v) is 2.84. The van der Waals surface area contributed by atoms with Crippen LogP contribution in [0.2, 0.25) is 0 Å². The average molecular weight is 264 g/mol. The lowest BCUT2D eigenvalue weighted by atomic mass is 10.1. The van der Waals surface area contributed by atoms with Crippen LogP contribution >= 0.6 is 0 Å². The summed E-state index contributed by atoms with van der Waals surface area (Å²) in [4.78, 5) is 22.5. The number of rotatable bonds is 2. The number of hydrogen-bond donors (Lipinski definition) is 0. The fourth-order valence-electron chi connectivity index (χ4n) is 2.00. The molecule has 6 heteroatoms. The predicted octanol–water partition coefficient (Wildman–Crippen LogP) is 1.22. The van der Waals surface area contributed by atoms with E-state index in [1.165, 1.54) is 0 Å². The van der Waals surface area contributed by atoms with E-state index < -0.39 is 24.5 Å². The highest BCUT2D eigenvalue weighted by molar-refractivity contribution is 5.92. The SMILES string of the molecule is O=C1CC(=O)OC(c2cccc(C3OCCO3)c2)O1. The molecular weight excluding hydrogens is 252 g/mol. The first-order valence-corrected chi connectivity index (χ1v) is 5.94. The van der Waals surface area contributed by atoms with Crippen molar-refractivity contribution in [2.24, 2.45) is 0 Å². The number of carbonyl (C=O) groups is 2. The van der Waals surface area contributed by atoms with Crippen molar-refractivity contribution in [2.45, 2.75) is 19.0 Å². The fourth-order valence-corrected chi connectivity index (χ4v) is 2.00. The molecule has 100 valence electrons. The number of benzene rings is 1. The van der Waals surface area contributed by atoms with Crippen LogP contribution < -0.4 is 0 Å². The van der Waals surface area contributed by atoms with Gasteiger partial charge in [0.2, 0.25) is 0 Å². The molecule has 0 bridgehead atoms. The van der Waals surface area contributed by atoms with Gasteiger partial charge < -0.3 is 18.9 Å². The predicted molar refractivity (Wildman–Crippen MR) is 60.6 cm³/mol. The van der Waals surface area contributed by atoms with Gasteiger partial charge in [-0.2, -0.15) is 0 Å². The Morgan fingerprint density at radius 2 is 1.47 bits per heavy atom. The Balaban J connectivity index is 1.82. The van der Waals surface area contributed by atoms with Crippen LogP contribution in [-0.2, 0) is 28.5 Å². The molecule has 2 heterocycles. The molecule has 0 aliphatic carbocycles. The van der Waals surface area contributed by atoms with Crippen LogP contribution in [0.25, 0.3) is 0 Å². The lowest BCUT2D eigenvalue weighted by molar-refractivity contribution is -0.204. The Hall–Kier alpha value is -1.92. The summed E-state index contributed by atoms with van der Waals surface area (Å²) in [7, 11) is 0. The Kier molecular flexibility index (Phi) is 3.18. The normalized spacial score (nSPS) is 21.3. The van der Waals surface area contributed by atoms with Crippen molar-refractivity contribution in [2.75, 3.05) is 13.2 Å². The maximum Gasteiger partial charge on any atom is 0.320 e. The second kappa shape index (κ2) is 4.99. The number of cyclic esters (lactones) is 2. The minimum atomic E-state index is -0.991. The fraction of sp³-hybridized carbons (Fsp3) is 0.385. The molecule has 3 rings (SSSR count). The molecule has 6 nitrogen and oxygen atoms in total. The Morgan fingerprint density at radius 1 is 0.895 bits per heavy atom. The van der Waals surface area contributed by atoms with Gasteiger partial charge in [0.25, 0.3) is 6.29 Å². The standard InChI is InChI=1S/C13H12O6/c14-10-7-11(15)19-13(18-10)9-3-1-2-8(6-9)12-16-4-5-17-12/h1-3,6,12-13H,4-5,7H2. The molecular formula is C13H12O6. The zero-order chi connectivity index (χ0) is 13.2. The first-order chi connectivity index (χ1) is 9.22. The summed E-state index contributed by atoms with van der Waals surface area (Å²) in [5.41, 5.74) is 1.38. The van der Waals surface area contributed by atoms with Crippen molar-refractivity contribution in [1.82, 2.24) is 0 Å². The Bertz CT molecular complexity index is 490. The van der Waals surface area contributed by atoms with Crippen LogP contribution in [0, 0.1) is 0 Å². The van der Waals surface area contributed by atoms with Crippen molar-refractivity contribution in [3.63, 3.8) is 0 Å². The van der Waals surface area contributed by atoms with Gasteiger partial charge in [-0.05, 0) is 6.07 Å². The third kappa shape index (κ3) is 2.59. The summed E-state index contributed by atoms with van der Waals surface area (Å²) >= 11 is 0. The van der Waals surface area contributed by atoms with Gasteiger partial charge in [-0.15, -0.1) is 0 Å². The maximum atomic E-state index is 11.2. The van der Waals surface area contributed by atoms with Crippen LogP contribution in [0.5, 0.6) is 0 Å². The lowest BCUT2D eigenvalue weighted by Gasteiger charge is -2.23. The van der Waals surface area contributed by atoms with Crippen molar-refractivity contribution >= 4 is 11.9 Å². The average Bonchev–Trinajstić information content (AvgIpc) is 2.92. The van der Waals surface area contributed by atoms with E-state index in [0.29, 0.717) is 18.8 Å². The molecule has 19 heavy (non-hydrogen) atoms. The number of carbonyl (C=O) groups excluding carboxylic acids is 2. The zero-order valence-corrected chi connectivity index (χ0v) is 10.0. The third-order valence-electron chi connectivity index (χ3n) is 2.84. The molecule has 0 saturated carbocycles.